The number of para-hydroxylation sites is 1. The topological polar surface area (TPSA) is 83.1 Å². The van der Waals surface area contributed by atoms with Gasteiger partial charge in [0.05, 0.1) is 10.2 Å². The van der Waals surface area contributed by atoms with Gasteiger partial charge in [-0.2, -0.15) is 0 Å². The normalized spacial score (nSPS) is 10.9. The number of aryl methyl sites for hydroxylation is 1. The summed E-state index contributed by atoms with van der Waals surface area (Å²) < 4.78 is 1.09. The molecule has 160 valence electrons. The zero-order chi connectivity index (χ0) is 22.3. The summed E-state index contributed by atoms with van der Waals surface area (Å²) in [4.78, 5) is 28.9. The second-order valence-electron chi connectivity index (χ2n) is 7.22. The lowest BCUT2D eigenvalue weighted by Gasteiger charge is -2.10. The lowest BCUT2D eigenvalue weighted by molar-refractivity contribution is -0.116. The fourth-order valence-corrected chi connectivity index (χ4v) is 4.00. The smallest absolute Gasteiger partial charge is 0.323 e. The molecule has 1 aromatic heterocycles. The molecule has 4 rings (SSSR count). The van der Waals surface area contributed by atoms with Crippen molar-refractivity contribution in [2.45, 2.75) is 13.5 Å². The first-order valence-corrected chi connectivity index (χ1v) is 10.9. The van der Waals surface area contributed by atoms with Crippen molar-refractivity contribution < 1.29 is 9.59 Å². The Morgan fingerprint density at radius 3 is 2.47 bits per heavy atom. The predicted molar refractivity (Wildman–Crippen MR) is 131 cm³/mol. The van der Waals surface area contributed by atoms with Crippen LogP contribution in [0.2, 0.25) is 0 Å². The van der Waals surface area contributed by atoms with Crippen LogP contribution in [0.15, 0.2) is 78.9 Å². The number of carbonyl (C=O) groups is 2. The van der Waals surface area contributed by atoms with Crippen molar-refractivity contribution in [3.05, 3.63) is 95.0 Å². The summed E-state index contributed by atoms with van der Waals surface area (Å²) >= 11 is 1.54. The Morgan fingerprint density at radius 2 is 1.69 bits per heavy atom. The van der Waals surface area contributed by atoms with Gasteiger partial charge < -0.3 is 16.0 Å². The number of hydrogen-bond donors (Lipinski definition) is 3. The van der Waals surface area contributed by atoms with Gasteiger partial charge in [-0.15, -0.1) is 11.3 Å². The van der Waals surface area contributed by atoms with Crippen LogP contribution in [-0.2, 0) is 11.3 Å². The molecule has 32 heavy (non-hydrogen) atoms. The molecule has 3 amide bonds. The third kappa shape index (κ3) is 5.80. The number of rotatable bonds is 6. The molecule has 1 heterocycles. The maximum Gasteiger partial charge on any atom is 0.323 e. The van der Waals surface area contributed by atoms with Gasteiger partial charge in [0.1, 0.15) is 5.01 Å². The van der Waals surface area contributed by atoms with Gasteiger partial charge in [0.25, 0.3) is 0 Å². The van der Waals surface area contributed by atoms with Gasteiger partial charge in [-0.25, -0.2) is 9.78 Å². The van der Waals surface area contributed by atoms with Crippen molar-refractivity contribution >= 4 is 50.9 Å². The molecular formula is C25H22N4O2S. The Hall–Kier alpha value is -3.97. The third-order valence-electron chi connectivity index (χ3n) is 4.62. The predicted octanol–water partition coefficient (Wildman–Crippen LogP) is 5.58. The van der Waals surface area contributed by atoms with Crippen LogP contribution in [-0.4, -0.2) is 16.9 Å². The van der Waals surface area contributed by atoms with Crippen LogP contribution >= 0.6 is 11.3 Å². The fraction of sp³-hybridized carbons (Fsp3) is 0.0800. The minimum atomic E-state index is -0.324. The maximum atomic E-state index is 12.2. The minimum Gasteiger partial charge on any atom is -0.348 e. The molecule has 0 aliphatic heterocycles. The third-order valence-corrected chi connectivity index (χ3v) is 5.62. The van der Waals surface area contributed by atoms with Crippen molar-refractivity contribution in [3.63, 3.8) is 0 Å². The molecule has 0 radical (unpaired) electrons. The van der Waals surface area contributed by atoms with E-state index < -0.39 is 0 Å². The van der Waals surface area contributed by atoms with Crippen LogP contribution in [0.3, 0.4) is 0 Å². The van der Waals surface area contributed by atoms with E-state index in [2.05, 4.69) is 20.9 Å². The Morgan fingerprint density at radius 1 is 0.938 bits per heavy atom. The molecule has 0 aliphatic rings. The Balaban J connectivity index is 1.30. The molecule has 0 atom stereocenters. The second kappa shape index (κ2) is 9.89. The monoisotopic (exact) mass is 442 g/mol. The van der Waals surface area contributed by atoms with E-state index in [1.54, 1.807) is 12.1 Å². The van der Waals surface area contributed by atoms with Crippen LogP contribution in [0.4, 0.5) is 16.2 Å². The van der Waals surface area contributed by atoms with Crippen LogP contribution in [0.5, 0.6) is 0 Å². The van der Waals surface area contributed by atoms with Gasteiger partial charge in [-0.1, -0.05) is 36.4 Å². The van der Waals surface area contributed by atoms with Gasteiger partial charge in [-0.05, 0) is 60.5 Å². The number of nitrogens with zero attached hydrogens (tertiary/aromatic N) is 1. The van der Waals surface area contributed by atoms with Gasteiger partial charge in [0, 0.05) is 24.0 Å². The standard InChI is InChI=1S/C25H22N4O2S/c1-17-6-4-8-19(14-17)27-25(31)28-20-9-5-7-18(15-20)16-26-23(30)12-13-24-29-21-10-2-3-11-22(21)32-24/h2-15H,16H2,1H3,(H,26,30)(H2,27,28,31)/b13-12+. The summed E-state index contributed by atoms with van der Waals surface area (Å²) in [5.74, 6) is -0.209. The molecule has 4 aromatic rings. The highest BCUT2D eigenvalue weighted by Gasteiger charge is 2.05. The Bertz CT molecular complexity index is 1260. The number of urea groups is 1. The van der Waals surface area contributed by atoms with E-state index in [9.17, 15) is 9.59 Å². The summed E-state index contributed by atoms with van der Waals surface area (Å²) in [5, 5.41) is 9.26. The van der Waals surface area contributed by atoms with Crippen LogP contribution < -0.4 is 16.0 Å². The van der Waals surface area contributed by atoms with Gasteiger partial charge in [-0.3, -0.25) is 4.79 Å². The second-order valence-corrected chi connectivity index (χ2v) is 8.28. The molecule has 0 spiro atoms. The van der Waals surface area contributed by atoms with Gasteiger partial charge in [0.15, 0.2) is 0 Å². The van der Waals surface area contributed by atoms with Crippen LogP contribution in [0.1, 0.15) is 16.1 Å². The van der Waals surface area contributed by atoms with Gasteiger partial charge >= 0.3 is 6.03 Å². The molecule has 0 fully saturated rings. The van der Waals surface area contributed by atoms with Crippen LogP contribution in [0, 0.1) is 6.92 Å². The van der Waals surface area contributed by atoms with E-state index in [0.717, 1.165) is 32.0 Å². The van der Waals surface area contributed by atoms with Crippen LogP contribution in [0.25, 0.3) is 16.3 Å². The molecule has 3 N–H and O–H groups in total. The zero-order valence-electron chi connectivity index (χ0n) is 17.5. The molecule has 0 unspecified atom stereocenters. The molecule has 0 saturated heterocycles. The average Bonchev–Trinajstić information content (AvgIpc) is 3.19. The van der Waals surface area contributed by atoms with Gasteiger partial charge in [0.2, 0.25) is 5.91 Å². The molecule has 3 aromatic carbocycles. The number of aromatic nitrogens is 1. The number of hydrogen-bond acceptors (Lipinski definition) is 4. The van der Waals surface area contributed by atoms with E-state index >= 15 is 0 Å². The SMILES string of the molecule is Cc1cccc(NC(=O)Nc2cccc(CNC(=O)/C=C/c3nc4ccccc4s3)c2)c1. The Kier molecular flexibility index (Phi) is 6.57. The number of fused-ring (bicyclic) bond motifs is 1. The van der Waals surface area contributed by atoms with E-state index in [1.165, 1.54) is 17.4 Å². The quantitative estimate of drug-likeness (QED) is 0.341. The van der Waals surface area contributed by atoms with E-state index in [0.29, 0.717) is 12.2 Å². The van der Waals surface area contributed by atoms with Crippen molar-refractivity contribution in [1.29, 1.82) is 0 Å². The number of amides is 3. The fourth-order valence-electron chi connectivity index (χ4n) is 3.13. The molecule has 0 bridgehead atoms. The van der Waals surface area contributed by atoms with E-state index in [-0.39, 0.29) is 11.9 Å². The largest absolute Gasteiger partial charge is 0.348 e. The summed E-state index contributed by atoms with van der Waals surface area (Å²) in [5.41, 5.74) is 4.24. The number of carbonyl (C=O) groups excluding carboxylic acids is 2. The zero-order valence-corrected chi connectivity index (χ0v) is 18.3. The average molecular weight is 443 g/mol. The summed E-state index contributed by atoms with van der Waals surface area (Å²) in [7, 11) is 0. The Labute approximate surface area is 190 Å². The number of nitrogens with one attached hydrogen (secondary N) is 3. The first kappa shape index (κ1) is 21.3. The summed E-state index contributed by atoms with van der Waals surface area (Å²) in [6, 6.07) is 22.5. The number of thiazole rings is 1. The summed E-state index contributed by atoms with van der Waals surface area (Å²) in [6.45, 7) is 2.31. The van der Waals surface area contributed by atoms with Crippen molar-refractivity contribution in [2.75, 3.05) is 10.6 Å². The first-order valence-electron chi connectivity index (χ1n) is 10.1. The van der Waals surface area contributed by atoms with Crippen molar-refractivity contribution in [1.82, 2.24) is 10.3 Å². The summed E-state index contributed by atoms with van der Waals surface area (Å²) in [6.07, 6.45) is 3.20. The van der Waals surface area contributed by atoms with E-state index in [1.807, 2.05) is 73.7 Å². The number of anilines is 2. The highest BCUT2D eigenvalue weighted by atomic mass is 32.1. The maximum absolute atomic E-state index is 12.2. The molecule has 0 aliphatic carbocycles. The lowest BCUT2D eigenvalue weighted by atomic mass is 10.2. The lowest BCUT2D eigenvalue weighted by Crippen LogP contribution is -2.21. The molecular weight excluding hydrogens is 420 g/mol. The number of benzene rings is 3. The first-order chi connectivity index (χ1) is 15.5. The molecule has 0 saturated carbocycles. The van der Waals surface area contributed by atoms with Crippen molar-refractivity contribution in [3.8, 4) is 0 Å². The molecule has 7 heteroatoms. The highest BCUT2D eigenvalue weighted by Crippen LogP contribution is 2.22. The van der Waals surface area contributed by atoms with E-state index in [4.69, 9.17) is 0 Å². The minimum absolute atomic E-state index is 0.209. The van der Waals surface area contributed by atoms with Crippen molar-refractivity contribution in [2.24, 2.45) is 0 Å². The highest BCUT2D eigenvalue weighted by molar-refractivity contribution is 7.19. The molecule has 6 nitrogen and oxygen atoms in total.